The molecule has 0 saturated carbocycles. The van der Waals surface area contributed by atoms with Gasteiger partial charge in [0, 0.05) is 10.8 Å². The zero-order valence-corrected chi connectivity index (χ0v) is 11.8. The zero-order valence-electron chi connectivity index (χ0n) is 10.9. The Morgan fingerprint density at radius 1 is 1.06 bits per heavy atom. The molecule has 17 heavy (non-hydrogen) atoms. The van der Waals surface area contributed by atoms with Crippen molar-refractivity contribution >= 4 is 17.5 Å². The summed E-state index contributed by atoms with van der Waals surface area (Å²) in [7, 11) is 0. The lowest BCUT2D eigenvalue weighted by atomic mass is 10.1. The largest absolute Gasteiger partial charge is 0.295 e. The predicted octanol–water partition coefficient (Wildman–Crippen LogP) is 4.54. The average Bonchev–Trinajstić information content (AvgIpc) is 2.29. The second-order valence-electron chi connectivity index (χ2n) is 4.67. The fourth-order valence-corrected chi connectivity index (χ4v) is 2.22. The summed E-state index contributed by atoms with van der Waals surface area (Å²) in [5.74, 6) is 0.653. The number of thioether (sulfide) groups is 1. The van der Waals surface area contributed by atoms with E-state index in [1.165, 1.54) is 4.90 Å². The van der Waals surface area contributed by atoms with Crippen LogP contribution in [-0.4, -0.2) is 5.78 Å². The van der Waals surface area contributed by atoms with Crippen LogP contribution in [0.15, 0.2) is 46.2 Å². The summed E-state index contributed by atoms with van der Waals surface area (Å²) < 4.78 is 0. The highest BCUT2D eigenvalue weighted by Gasteiger charge is 2.10. The Morgan fingerprint density at radius 3 is 2.12 bits per heavy atom. The molecule has 1 rings (SSSR count). The van der Waals surface area contributed by atoms with Gasteiger partial charge in [-0.3, -0.25) is 4.79 Å². The van der Waals surface area contributed by atoms with E-state index in [9.17, 15) is 4.79 Å². The van der Waals surface area contributed by atoms with E-state index >= 15 is 0 Å². The van der Waals surface area contributed by atoms with Gasteiger partial charge in [0.15, 0.2) is 5.78 Å². The van der Waals surface area contributed by atoms with E-state index in [4.69, 9.17) is 0 Å². The molecule has 0 amide bonds. The highest BCUT2D eigenvalue weighted by Crippen LogP contribution is 2.31. The van der Waals surface area contributed by atoms with Crippen molar-refractivity contribution in [2.75, 3.05) is 0 Å². The van der Waals surface area contributed by atoms with Gasteiger partial charge >= 0.3 is 0 Å². The molecular weight excluding hydrogens is 228 g/mol. The second-order valence-corrected chi connectivity index (χ2v) is 5.82. The number of allylic oxidation sites excluding steroid dienone is 2. The lowest BCUT2D eigenvalue weighted by Gasteiger charge is -2.11. The van der Waals surface area contributed by atoms with E-state index in [-0.39, 0.29) is 11.7 Å². The maximum atomic E-state index is 11.8. The summed E-state index contributed by atoms with van der Waals surface area (Å²) in [6, 6.07) is 10.2. The minimum Gasteiger partial charge on any atom is -0.295 e. The molecule has 0 fully saturated rings. The molecule has 0 aliphatic carbocycles. The molecule has 0 aliphatic rings. The van der Waals surface area contributed by atoms with E-state index in [0.717, 1.165) is 4.91 Å². The van der Waals surface area contributed by atoms with Crippen molar-refractivity contribution in [3.8, 4) is 0 Å². The molecule has 0 aromatic heterocycles. The fourth-order valence-electron chi connectivity index (χ4n) is 1.25. The number of ketones is 1. The van der Waals surface area contributed by atoms with E-state index in [2.05, 4.69) is 26.0 Å². The standard InChI is InChI=1S/C15H20OS/c1-11(2)14(16)10-15(12(3)4)17-13-8-6-5-7-9-13/h5-12H,1-4H3/b15-10+. The fraction of sp³-hybridized carbons (Fsp3) is 0.400. The van der Waals surface area contributed by atoms with Crippen molar-refractivity contribution in [1.82, 2.24) is 0 Å². The second kappa shape index (κ2) is 6.65. The summed E-state index contributed by atoms with van der Waals surface area (Å²) in [5.41, 5.74) is 0. The first-order valence-corrected chi connectivity index (χ1v) is 6.80. The molecular formula is C15H20OS. The van der Waals surface area contributed by atoms with Crippen LogP contribution in [0.25, 0.3) is 0 Å². The Labute approximate surface area is 108 Å². The molecule has 0 bridgehead atoms. The van der Waals surface area contributed by atoms with Crippen LogP contribution < -0.4 is 0 Å². The molecule has 0 saturated heterocycles. The molecule has 0 N–H and O–H groups in total. The van der Waals surface area contributed by atoms with Crippen LogP contribution in [-0.2, 0) is 4.79 Å². The monoisotopic (exact) mass is 248 g/mol. The lowest BCUT2D eigenvalue weighted by molar-refractivity contribution is -0.117. The van der Waals surface area contributed by atoms with Crippen molar-refractivity contribution in [2.24, 2.45) is 11.8 Å². The first-order chi connectivity index (χ1) is 8.00. The Bertz CT molecular complexity index is 391. The van der Waals surface area contributed by atoms with Gasteiger partial charge in [-0.1, -0.05) is 57.7 Å². The molecule has 0 spiro atoms. The Kier molecular flexibility index (Phi) is 5.49. The van der Waals surface area contributed by atoms with Crippen LogP contribution in [0.3, 0.4) is 0 Å². The third kappa shape index (κ3) is 4.78. The van der Waals surface area contributed by atoms with Gasteiger partial charge in [0.05, 0.1) is 0 Å². The van der Waals surface area contributed by atoms with Gasteiger partial charge in [0.25, 0.3) is 0 Å². The van der Waals surface area contributed by atoms with Crippen molar-refractivity contribution < 1.29 is 4.79 Å². The number of carbonyl (C=O) groups excluding carboxylic acids is 1. The molecule has 0 heterocycles. The van der Waals surface area contributed by atoms with Crippen LogP contribution in [0.1, 0.15) is 27.7 Å². The van der Waals surface area contributed by atoms with Gasteiger partial charge in [-0.2, -0.15) is 0 Å². The smallest absolute Gasteiger partial charge is 0.159 e. The van der Waals surface area contributed by atoms with Gasteiger partial charge < -0.3 is 0 Å². The number of benzene rings is 1. The summed E-state index contributed by atoms with van der Waals surface area (Å²) in [6.07, 6.45) is 1.80. The third-order valence-electron chi connectivity index (χ3n) is 2.40. The average molecular weight is 248 g/mol. The van der Waals surface area contributed by atoms with Crippen molar-refractivity contribution in [1.29, 1.82) is 0 Å². The van der Waals surface area contributed by atoms with Crippen molar-refractivity contribution in [3.63, 3.8) is 0 Å². The molecule has 0 atom stereocenters. The molecule has 2 heteroatoms. The molecule has 0 radical (unpaired) electrons. The number of hydrogen-bond acceptors (Lipinski definition) is 2. The van der Waals surface area contributed by atoms with Gasteiger partial charge in [-0.05, 0) is 29.0 Å². The van der Waals surface area contributed by atoms with Crippen LogP contribution in [0.2, 0.25) is 0 Å². The summed E-state index contributed by atoms with van der Waals surface area (Å²) in [4.78, 5) is 14.1. The van der Waals surface area contributed by atoms with Crippen LogP contribution in [0, 0.1) is 11.8 Å². The number of hydrogen-bond donors (Lipinski definition) is 0. The van der Waals surface area contributed by atoms with E-state index < -0.39 is 0 Å². The Morgan fingerprint density at radius 2 is 1.65 bits per heavy atom. The quantitative estimate of drug-likeness (QED) is 0.562. The third-order valence-corrected chi connectivity index (χ3v) is 3.73. The molecule has 1 aromatic carbocycles. The van der Waals surface area contributed by atoms with Gasteiger partial charge in [-0.15, -0.1) is 0 Å². The Balaban J connectivity index is 2.84. The van der Waals surface area contributed by atoms with Crippen molar-refractivity contribution in [3.05, 3.63) is 41.3 Å². The molecule has 0 unspecified atom stereocenters. The highest BCUT2D eigenvalue weighted by atomic mass is 32.2. The van der Waals surface area contributed by atoms with Crippen molar-refractivity contribution in [2.45, 2.75) is 32.6 Å². The minimum atomic E-state index is 0.0696. The van der Waals surface area contributed by atoms with E-state index in [1.807, 2.05) is 32.0 Å². The zero-order chi connectivity index (χ0) is 12.8. The first-order valence-electron chi connectivity index (χ1n) is 5.99. The molecule has 1 nitrogen and oxygen atoms in total. The van der Waals surface area contributed by atoms with Crippen LogP contribution in [0.5, 0.6) is 0 Å². The maximum Gasteiger partial charge on any atom is 0.159 e. The first kappa shape index (κ1) is 14.0. The highest BCUT2D eigenvalue weighted by molar-refractivity contribution is 8.03. The van der Waals surface area contributed by atoms with Crippen LogP contribution in [0.4, 0.5) is 0 Å². The van der Waals surface area contributed by atoms with Gasteiger partial charge in [0.2, 0.25) is 0 Å². The molecule has 0 aliphatic heterocycles. The topological polar surface area (TPSA) is 17.1 Å². The Hall–Kier alpha value is -1.02. The molecule has 92 valence electrons. The minimum absolute atomic E-state index is 0.0696. The van der Waals surface area contributed by atoms with Gasteiger partial charge in [-0.25, -0.2) is 0 Å². The summed E-state index contributed by atoms with van der Waals surface area (Å²) in [5, 5.41) is 0. The lowest BCUT2D eigenvalue weighted by Crippen LogP contribution is -2.05. The number of carbonyl (C=O) groups is 1. The molecule has 1 aromatic rings. The number of rotatable bonds is 5. The normalized spacial score (nSPS) is 12.2. The summed E-state index contributed by atoms with van der Waals surface area (Å²) in [6.45, 7) is 8.11. The maximum absolute atomic E-state index is 11.8. The van der Waals surface area contributed by atoms with Gasteiger partial charge in [0.1, 0.15) is 0 Å². The van der Waals surface area contributed by atoms with E-state index in [1.54, 1.807) is 17.8 Å². The predicted molar refractivity (Wildman–Crippen MR) is 75.1 cm³/mol. The summed E-state index contributed by atoms with van der Waals surface area (Å²) >= 11 is 1.68. The van der Waals surface area contributed by atoms with E-state index in [0.29, 0.717) is 5.92 Å². The van der Waals surface area contributed by atoms with Crippen LogP contribution >= 0.6 is 11.8 Å². The SMILES string of the molecule is CC(C)C(=O)/C=C(/Sc1ccccc1)C(C)C.